The Balaban J connectivity index is 1.62. The first kappa shape index (κ1) is 23.3. The van der Waals surface area contributed by atoms with Crippen LogP contribution in [-0.2, 0) is 18.8 Å². The third kappa shape index (κ3) is 6.58. The maximum atomic E-state index is 12.1. The molecule has 0 saturated carbocycles. The maximum Gasteiger partial charge on any atom is 0.330 e. The van der Waals surface area contributed by atoms with Gasteiger partial charge in [-0.05, 0) is 20.3 Å². The number of esters is 1. The Kier molecular flexibility index (Phi) is 8.15. The number of ether oxygens (including phenoxy) is 2. The van der Waals surface area contributed by atoms with Crippen molar-refractivity contribution in [3.8, 4) is 0 Å². The molecule has 1 aromatic heterocycles. The minimum Gasteiger partial charge on any atom is -0.462 e. The number of carbonyl (C=O) groups excluding carboxylic acids is 1. The normalized spacial score (nSPS) is 21.9. The summed E-state index contributed by atoms with van der Waals surface area (Å²) >= 11 is 0. The van der Waals surface area contributed by atoms with E-state index in [1.807, 2.05) is 37.3 Å². The molecule has 0 aliphatic carbocycles. The molecular formula is C21H28N3O6P. The fourth-order valence-corrected chi connectivity index (χ4v) is 4.82. The van der Waals surface area contributed by atoms with E-state index in [1.165, 1.54) is 16.8 Å². The lowest BCUT2D eigenvalue weighted by Crippen LogP contribution is -2.33. The van der Waals surface area contributed by atoms with Crippen LogP contribution in [0.2, 0.25) is 0 Å². The molecule has 0 spiro atoms. The number of carbonyl (C=O) groups is 1. The predicted octanol–water partition coefficient (Wildman–Crippen LogP) is 1.66. The number of nitrogens with one attached hydrogen (secondary N) is 2. The van der Waals surface area contributed by atoms with E-state index in [0.717, 1.165) is 5.30 Å². The molecule has 2 aromatic rings. The monoisotopic (exact) mass is 449 g/mol. The zero-order valence-corrected chi connectivity index (χ0v) is 18.7. The molecule has 3 unspecified atom stereocenters. The van der Waals surface area contributed by atoms with Gasteiger partial charge in [-0.3, -0.25) is 24.2 Å². The predicted molar refractivity (Wildman–Crippen MR) is 117 cm³/mol. The summed E-state index contributed by atoms with van der Waals surface area (Å²) < 4.78 is 18.8. The minimum atomic E-state index is -1.27. The van der Waals surface area contributed by atoms with Gasteiger partial charge in [0.05, 0.1) is 25.4 Å². The van der Waals surface area contributed by atoms with E-state index >= 15 is 0 Å². The lowest BCUT2D eigenvalue weighted by Gasteiger charge is -2.21. The van der Waals surface area contributed by atoms with Gasteiger partial charge in [-0.25, -0.2) is 4.79 Å². The van der Waals surface area contributed by atoms with Gasteiger partial charge in [-0.15, -0.1) is 0 Å². The zero-order chi connectivity index (χ0) is 22.4. The fraction of sp³-hybridized carbons (Fsp3) is 0.476. The molecule has 9 nitrogen and oxygen atoms in total. The molecule has 31 heavy (non-hydrogen) atoms. The highest BCUT2D eigenvalue weighted by Gasteiger charge is 2.34. The van der Waals surface area contributed by atoms with E-state index < -0.39 is 25.8 Å². The van der Waals surface area contributed by atoms with Crippen LogP contribution in [-0.4, -0.2) is 40.9 Å². The molecule has 3 rings (SSSR count). The number of hydrogen-bond acceptors (Lipinski definition) is 7. The van der Waals surface area contributed by atoms with Crippen LogP contribution in [0.5, 0.6) is 0 Å². The van der Waals surface area contributed by atoms with Crippen LogP contribution in [0, 0.1) is 5.92 Å². The van der Waals surface area contributed by atoms with Gasteiger partial charge in [0.25, 0.3) is 5.56 Å². The molecule has 2 N–H and O–H groups in total. The first-order valence-electron chi connectivity index (χ1n) is 10.2. The molecular weight excluding hydrogens is 421 g/mol. The quantitative estimate of drug-likeness (QED) is 0.442. The fourth-order valence-electron chi connectivity index (χ4n) is 3.37. The first-order chi connectivity index (χ1) is 14.8. The molecule has 1 fully saturated rings. The molecule has 0 bridgehead atoms. The molecule has 10 heteroatoms. The van der Waals surface area contributed by atoms with E-state index in [2.05, 4.69) is 10.1 Å². The molecule has 168 valence electrons. The molecule has 0 radical (unpaired) electrons. The van der Waals surface area contributed by atoms with Crippen LogP contribution in [0.3, 0.4) is 0 Å². The second kappa shape index (κ2) is 10.8. The topological polar surface area (TPSA) is 112 Å². The van der Waals surface area contributed by atoms with Crippen molar-refractivity contribution in [2.75, 3.05) is 13.2 Å². The number of rotatable bonds is 9. The van der Waals surface area contributed by atoms with Crippen molar-refractivity contribution in [3.05, 3.63) is 63.4 Å². The van der Waals surface area contributed by atoms with Gasteiger partial charge in [0.2, 0.25) is 0 Å². The van der Waals surface area contributed by atoms with E-state index in [1.54, 1.807) is 13.8 Å². The number of nitrogens with zero attached hydrogens (tertiary/aromatic N) is 1. The van der Waals surface area contributed by atoms with Gasteiger partial charge in [0.15, 0.2) is 0 Å². The summed E-state index contributed by atoms with van der Waals surface area (Å²) in [5.41, 5.74) is -0.940. The third-order valence-corrected chi connectivity index (χ3v) is 6.31. The average Bonchev–Trinajstić information content (AvgIpc) is 3.08. The van der Waals surface area contributed by atoms with Crippen molar-refractivity contribution in [2.24, 2.45) is 5.92 Å². The summed E-state index contributed by atoms with van der Waals surface area (Å²) in [6.45, 7) is 5.93. The zero-order valence-electron chi connectivity index (χ0n) is 17.8. The number of benzene rings is 1. The average molecular weight is 449 g/mol. The van der Waals surface area contributed by atoms with Crippen molar-refractivity contribution >= 4 is 19.6 Å². The van der Waals surface area contributed by atoms with E-state index in [-0.39, 0.29) is 30.6 Å². The van der Waals surface area contributed by atoms with Gasteiger partial charge in [-0.1, -0.05) is 37.3 Å². The summed E-state index contributed by atoms with van der Waals surface area (Å²) in [6, 6.07) is 10.9. The highest BCUT2D eigenvalue weighted by atomic mass is 31.2. The van der Waals surface area contributed by atoms with Gasteiger partial charge >= 0.3 is 11.7 Å². The Hall–Kier alpha value is -2.32. The second-order valence-electron chi connectivity index (χ2n) is 7.68. The number of H-pyrrole nitrogens is 1. The van der Waals surface area contributed by atoms with Gasteiger partial charge < -0.3 is 14.0 Å². The van der Waals surface area contributed by atoms with Gasteiger partial charge in [0.1, 0.15) is 14.5 Å². The molecule has 1 saturated heterocycles. The van der Waals surface area contributed by atoms with Crippen molar-refractivity contribution in [1.29, 1.82) is 0 Å². The minimum absolute atomic E-state index is 0.0378. The highest BCUT2D eigenvalue weighted by molar-refractivity contribution is 7.58. The van der Waals surface area contributed by atoms with Crippen molar-refractivity contribution in [2.45, 2.75) is 45.6 Å². The molecule has 0 amide bonds. The summed E-state index contributed by atoms with van der Waals surface area (Å²) in [5, 5.41) is 4.09. The number of hydrogen-bond donors (Lipinski definition) is 2. The molecule has 1 aliphatic rings. The van der Waals surface area contributed by atoms with Crippen molar-refractivity contribution in [1.82, 2.24) is 14.6 Å². The van der Waals surface area contributed by atoms with Gasteiger partial charge in [-0.2, -0.15) is 0 Å². The summed E-state index contributed by atoms with van der Waals surface area (Å²) in [4.78, 5) is 37.6. The van der Waals surface area contributed by atoms with Crippen LogP contribution in [0.4, 0.5) is 0 Å². The largest absolute Gasteiger partial charge is 0.462 e. The van der Waals surface area contributed by atoms with Crippen LogP contribution in [0.15, 0.2) is 52.2 Å². The Morgan fingerprint density at radius 3 is 2.71 bits per heavy atom. The standard InChI is InChI=1S/C21H28N3O6P/c1-14(2)29-19(26)12-22-31(17-7-5-4-6-8-17)28-13-16-11-15(3)20(30-16)24-10-9-18(25)23-21(24)27/h4-10,14-16,20,22H,11-13H2,1-3H3,(H,23,25,27)/t15?,16?,20?,31-/m1/s1. The Labute approximate surface area is 181 Å². The van der Waals surface area contributed by atoms with Crippen molar-refractivity contribution in [3.63, 3.8) is 0 Å². The third-order valence-electron chi connectivity index (χ3n) is 4.69. The SMILES string of the molecule is CC(C)OC(=O)CN[P@](OCC1CC(C)C(n2ccc(=O)[nH]c2=O)O1)c1ccccc1. The molecule has 1 aliphatic heterocycles. The smallest absolute Gasteiger partial charge is 0.330 e. The van der Waals surface area contributed by atoms with Crippen molar-refractivity contribution < 1.29 is 18.8 Å². The summed E-state index contributed by atoms with van der Waals surface area (Å²) in [6.07, 6.45) is 1.26. The van der Waals surface area contributed by atoms with Gasteiger partial charge in [0, 0.05) is 23.5 Å². The lowest BCUT2D eigenvalue weighted by atomic mass is 10.1. The molecule has 1 aromatic carbocycles. The highest BCUT2D eigenvalue weighted by Crippen LogP contribution is 2.36. The first-order valence-corrected chi connectivity index (χ1v) is 11.5. The summed E-state index contributed by atoms with van der Waals surface area (Å²) in [5.74, 6) is -0.278. The van der Waals surface area contributed by atoms with E-state index in [0.29, 0.717) is 13.0 Å². The van der Waals surface area contributed by atoms with Crippen LogP contribution in [0.25, 0.3) is 0 Å². The Bertz CT molecular complexity index is 977. The molecule has 4 atom stereocenters. The summed E-state index contributed by atoms with van der Waals surface area (Å²) in [7, 11) is -1.27. The second-order valence-corrected chi connectivity index (χ2v) is 9.36. The van der Waals surface area contributed by atoms with Crippen LogP contribution in [0.1, 0.15) is 33.4 Å². The van der Waals surface area contributed by atoms with Crippen LogP contribution < -0.4 is 21.6 Å². The Morgan fingerprint density at radius 2 is 2.03 bits per heavy atom. The maximum absolute atomic E-state index is 12.1. The number of aromatic nitrogens is 2. The van der Waals surface area contributed by atoms with E-state index in [9.17, 15) is 14.4 Å². The lowest BCUT2D eigenvalue weighted by molar-refractivity contribution is -0.145. The Morgan fingerprint density at radius 1 is 1.29 bits per heavy atom. The van der Waals surface area contributed by atoms with E-state index in [4.69, 9.17) is 14.0 Å². The van der Waals surface area contributed by atoms with Crippen LogP contribution >= 0.6 is 8.30 Å². The number of aromatic amines is 1. The molecule has 2 heterocycles.